The maximum Gasteiger partial charge on any atom is 0.0590 e. The molecule has 0 radical (unpaired) electrons. The van der Waals surface area contributed by atoms with E-state index >= 15 is 0 Å². The summed E-state index contributed by atoms with van der Waals surface area (Å²) in [5.74, 6) is 0.520. The van der Waals surface area contributed by atoms with Crippen molar-refractivity contribution < 1.29 is 10.2 Å². The Kier molecular flexibility index (Phi) is 4.65. The molecule has 62 valence electrons. The third kappa shape index (κ3) is 3.85. The third-order valence-corrected chi connectivity index (χ3v) is 1.66. The SMILES string of the molecule is CC(C)CC(O)C(C)CO. The first-order valence-corrected chi connectivity index (χ1v) is 3.86. The molecule has 10 heavy (non-hydrogen) atoms. The van der Waals surface area contributed by atoms with Gasteiger partial charge in [0.25, 0.3) is 0 Å². The molecule has 0 spiro atoms. The van der Waals surface area contributed by atoms with Crippen LogP contribution in [0.15, 0.2) is 0 Å². The second-order valence-corrected chi connectivity index (χ2v) is 3.36. The van der Waals surface area contributed by atoms with E-state index in [4.69, 9.17) is 5.11 Å². The quantitative estimate of drug-likeness (QED) is 0.621. The van der Waals surface area contributed by atoms with Gasteiger partial charge in [0.1, 0.15) is 0 Å². The lowest BCUT2D eigenvalue weighted by Crippen LogP contribution is -2.22. The van der Waals surface area contributed by atoms with Gasteiger partial charge in [0.15, 0.2) is 0 Å². The zero-order chi connectivity index (χ0) is 8.15. The minimum atomic E-state index is -0.343. The fourth-order valence-electron chi connectivity index (χ4n) is 0.837. The van der Waals surface area contributed by atoms with Crippen LogP contribution in [-0.2, 0) is 0 Å². The van der Waals surface area contributed by atoms with Crippen LogP contribution in [0.2, 0.25) is 0 Å². The molecule has 2 atom stereocenters. The van der Waals surface area contributed by atoms with Crippen molar-refractivity contribution in [2.24, 2.45) is 11.8 Å². The molecule has 0 aromatic heterocycles. The fraction of sp³-hybridized carbons (Fsp3) is 1.00. The van der Waals surface area contributed by atoms with E-state index in [1.807, 2.05) is 6.92 Å². The zero-order valence-corrected chi connectivity index (χ0v) is 7.04. The zero-order valence-electron chi connectivity index (χ0n) is 7.04. The first kappa shape index (κ1) is 9.92. The lowest BCUT2D eigenvalue weighted by Gasteiger charge is -2.17. The van der Waals surface area contributed by atoms with Crippen molar-refractivity contribution in [3.05, 3.63) is 0 Å². The molecule has 0 heterocycles. The largest absolute Gasteiger partial charge is 0.396 e. The number of aliphatic hydroxyl groups is 2. The standard InChI is InChI=1S/C8H18O2/c1-6(2)4-8(10)7(3)5-9/h6-10H,4-5H2,1-3H3. The van der Waals surface area contributed by atoms with Crippen molar-refractivity contribution >= 4 is 0 Å². The Bertz CT molecular complexity index is 81.3. The predicted molar refractivity (Wildman–Crippen MR) is 41.7 cm³/mol. The van der Waals surface area contributed by atoms with E-state index in [-0.39, 0.29) is 18.6 Å². The monoisotopic (exact) mass is 146 g/mol. The Hall–Kier alpha value is -0.0800. The van der Waals surface area contributed by atoms with Crippen LogP contribution in [0, 0.1) is 11.8 Å². The highest BCUT2D eigenvalue weighted by atomic mass is 16.3. The summed E-state index contributed by atoms with van der Waals surface area (Å²) in [4.78, 5) is 0. The van der Waals surface area contributed by atoms with Gasteiger partial charge in [-0.05, 0) is 12.3 Å². The Labute approximate surface area is 62.9 Å². The van der Waals surface area contributed by atoms with Crippen LogP contribution in [0.5, 0.6) is 0 Å². The highest BCUT2D eigenvalue weighted by molar-refractivity contribution is 4.64. The predicted octanol–water partition coefficient (Wildman–Crippen LogP) is 1.02. The minimum Gasteiger partial charge on any atom is -0.396 e. The summed E-state index contributed by atoms with van der Waals surface area (Å²) >= 11 is 0. The minimum absolute atomic E-state index is 0.0161. The molecule has 0 aromatic rings. The molecule has 0 bridgehead atoms. The number of aliphatic hydroxyl groups excluding tert-OH is 2. The van der Waals surface area contributed by atoms with Gasteiger partial charge in [-0.3, -0.25) is 0 Å². The van der Waals surface area contributed by atoms with Gasteiger partial charge in [-0.25, -0.2) is 0 Å². The van der Waals surface area contributed by atoms with E-state index in [0.29, 0.717) is 5.92 Å². The van der Waals surface area contributed by atoms with E-state index in [0.717, 1.165) is 6.42 Å². The number of hydrogen-bond donors (Lipinski definition) is 2. The molecular formula is C8H18O2. The number of hydrogen-bond acceptors (Lipinski definition) is 2. The van der Waals surface area contributed by atoms with Gasteiger partial charge in [0.05, 0.1) is 6.10 Å². The maximum atomic E-state index is 9.33. The number of rotatable bonds is 4. The fourth-order valence-corrected chi connectivity index (χ4v) is 0.837. The Morgan fingerprint density at radius 3 is 2.00 bits per heavy atom. The van der Waals surface area contributed by atoms with Crippen LogP contribution >= 0.6 is 0 Å². The molecular weight excluding hydrogens is 128 g/mol. The summed E-state index contributed by atoms with van der Waals surface area (Å²) in [7, 11) is 0. The summed E-state index contributed by atoms with van der Waals surface area (Å²) in [6, 6.07) is 0. The molecule has 0 aliphatic carbocycles. The van der Waals surface area contributed by atoms with Gasteiger partial charge in [0, 0.05) is 12.5 Å². The second kappa shape index (κ2) is 4.69. The maximum absolute atomic E-state index is 9.33. The molecule has 0 fully saturated rings. The highest BCUT2D eigenvalue weighted by Gasteiger charge is 2.13. The average molecular weight is 146 g/mol. The summed E-state index contributed by atoms with van der Waals surface area (Å²) in [5, 5.41) is 18.0. The van der Waals surface area contributed by atoms with E-state index in [9.17, 15) is 5.11 Å². The van der Waals surface area contributed by atoms with Gasteiger partial charge in [-0.1, -0.05) is 20.8 Å². The van der Waals surface area contributed by atoms with Gasteiger partial charge in [-0.2, -0.15) is 0 Å². The lowest BCUT2D eigenvalue weighted by atomic mass is 9.97. The van der Waals surface area contributed by atoms with Crippen LogP contribution in [0.25, 0.3) is 0 Å². The van der Waals surface area contributed by atoms with Crippen LogP contribution in [-0.4, -0.2) is 22.9 Å². The Morgan fingerprint density at radius 1 is 1.20 bits per heavy atom. The second-order valence-electron chi connectivity index (χ2n) is 3.36. The molecule has 0 rings (SSSR count). The third-order valence-electron chi connectivity index (χ3n) is 1.66. The molecule has 2 unspecified atom stereocenters. The summed E-state index contributed by atoms with van der Waals surface area (Å²) in [6.45, 7) is 6.06. The van der Waals surface area contributed by atoms with Crippen LogP contribution < -0.4 is 0 Å². The average Bonchev–Trinajstić information content (AvgIpc) is 1.85. The van der Waals surface area contributed by atoms with E-state index in [1.54, 1.807) is 0 Å². The van der Waals surface area contributed by atoms with Crippen molar-refractivity contribution in [3.8, 4) is 0 Å². The molecule has 2 nitrogen and oxygen atoms in total. The van der Waals surface area contributed by atoms with E-state index < -0.39 is 0 Å². The van der Waals surface area contributed by atoms with Crippen LogP contribution in [0.1, 0.15) is 27.2 Å². The first-order chi connectivity index (χ1) is 4.57. The molecule has 0 saturated carbocycles. The smallest absolute Gasteiger partial charge is 0.0590 e. The van der Waals surface area contributed by atoms with E-state index in [2.05, 4.69) is 13.8 Å². The van der Waals surface area contributed by atoms with Crippen molar-refractivity contribution in [3.63, 3.8) is 0 Å². The van der Waals surface area contributed by atoms with E-state index in [1.165, 1.54) is 0 Å². The lowest BCUT2D eigenvalue weighted by molar-refractivity contribution is 0.0612. The van der Waals surface area contributed by atoms with Gasteiger partial charge < -0.3 is 10.2 Å². The van der Waals surface area contributed by atoms with Crippen molar-refractivity contribution in [2.45, 2.75) is 33.3 Å². The summed E-state index contributed by atoms with van der Waals surface area (Å²) < 4.78 is 0. The Balaban J connectivity index is 3.50. The van der Waals surface area contributed by atoms with Crippen molar-refractivity contribution in [1.82, 2.24) is 0 Å². The highest BCUT2D eigenvalue weighted by Crippen LogP contribution is 2.11. The molecule has 0 amide bonds. The molecule has 0 aromatic carbocycles. The van der Waals surface area contributed by atoms with Crippen molar-refractivity contribution in [2.75, 3.05) is 6.61 Å². The topological polar surface area (TPSA) is 40.5 Å². The summed E-state index contributed by atoms with van der Waals surface area (Å²) in [5.41, 5.74) is 0. The molecule has 0 aliphatic rings. The molecule has 2 N–H and O–H groups in total. The van der Waals surface area contributed by atoms with Gasteiger partial charge in [-0.15, -0.1) is 0 Å². The first-order valence-electron chi connectivity index (χ1n) is 3.86. The molecule has 0 saturated heterocycles. The van der Waals surface area contributed by atoms with Gasteiger partial charge in [0.2, 0.25) is 0 Å². The van der Waals surface area contributed by atoms with Crippen LogP contribution in [0.4, 0.5) is 0 Å². The normalized spacial score (nSPS) is 17.4. The Morgan fingerprint density at radius 2 is 1.70 bits per heavy atom. The van der Waals surface area contributed by atoms with Crippen molar-refractivity contribution in [1.29, 1.82) is 0 Å². The molecule has 0 aliphatic heterocycles. The summed E-state index contributed by atoms with van der Waals surface area (Å²) in [6.07, 6.45) is 0.437. The van der Waals surface area contributed by atoms with Gasteiger partial charge >= 0.3 is 0 Å². The van der Waals surface area contributed by atoms with Crippen LogP contribution in [0.3, 0.4) is 0 Å². The molecule has 2 heteroatoms.